The lowest BCUT2D eigenvalue weighted by Gasteiger charge is -2.20. The quantitative estimate of drug-likeness (QED) is 0.880. The van der Waals surface area contributed by atoms with Crippen molar-refractivity contribution in [3.63, 3.8) is 0 Å². The van der Waals surface area contributed by atoms with Gasteiger partial charge in [-0.1, -0.05) is 46.6 Å². The first-order valence-electron chi connectivity index (χ1n) is 7.01. The molecule has 0 aliphatic rings. The molecule has 20 heavy (non-hydrogen) atoms. The summed E-state index contributed by atoms with van der Waals surface area (Å²) in [6.45, 7) is 7.27. The van der Waals surface area contributed by atoms with E-state index in [1.54, 1.807) is 0 Å². The number of halogens is 1. The highest BCUT2D eigenvalue weighted by atomic mass is 79.9. The predicted octanol–water partition coefficient (Wildman–Crippen LogP) is 4.35. The Morgan fingerprint density at radius 2 is 1.90 bits per heavy atom. The van der Waals surface area contributed by atoms with Gasteiger partial charge in [-0.15, -0.1) is 0 Å². The lowest BCUT2D eigenvalue weighted by Crippen LogP contribution is -2.23. The minimum Gasteiger partial charge on any atom is -0.310 e. The fraction of sp³-hybridized carbons (Fsp3) is 0.353. The van der Waals surface area contributed by atoms with E-state index >= 15 is 0 Å². The number of nitrogens with one attached hydrogen (secondary N) is 1. The summed E-state index contributed by atoms with van der Waals surface area (Å²) in [7, 11) is 0. The van der Waals surface area contributed by atoms with Crippen LogP contribution in [0, 0.1) is 13.8 Å². The van der Waals surface area contributed by atoms with Crippen molar-refractivity contribution in [1.82, 2.24) is 10.3 Å². The zero-order valence-corrected chi connectivity index (χ0v) is 13.9. The fourth-order valence-electron chi connectivity index (χ4n) is 2.30. The van der Waals surface area contributed by atoms with Gasteiger partial charge in [-0.05, 0) is 43.7 Å². The molecule has 106 valence electrons. The molecule has 1 atom stereocenters. The van der Waals surface area contributed by atoms with Crippen LogP contribution in [0.25, 0.3) is 0 Å². The molecule has 0 saturated carbocycles. The van der Waals surface area contributed by atoms with Gasteiger partial charge in [-0.2, -0.15) is 0 Å². The first-order valence-corrected chi connectivity index (χ1v) is 7.80. The smallest absolute Gasteiger partial charge is 0.0422 e. The number of aryl methyl sites for hydroxylation is 2. The van der Waals surface area contributed by atoms with Crippen LogP contribution in [-0.2, 0) is 6.42 Å². The molecule has 1 heterocycles. The molecule has 2 nitrogen and oxygen atoms in total. The molecule has 0 aliphatic heterocycles. The second-order valence-corrected chi connectivity index (χ2v) is 6.02. The Morgan fingerprint density at radius 3 is 2.55 bits per heavy atom. The van der Waals surface area contributed by atoms with E-state index in [0.717, 1.165) is 23.1 Å². The third-order valence-corrected chi connectivity index (χ3v) is 4.09. The van der Waals surface area contributed by atoms with Gasteiger partial charge >= 0.3 is 0 Å². The highest BCUT2D eigenvalue weighted by Gasteiger charge is 2.15. The first kappa shape index (κ1) is 15.2. The molecule has 0 bridgehead atoms. The summed E-state index contributed by atoms with van der Waals surface area (Å²) in [6.07, 6.45) is 2.83. The number of pyridine rings is 1. The van der Waals surface area contributed by atoms with E-state index in [1.807, 2.05) is 6.20 Å². The van der Waals surface area contributed by atoms with Crippen LogP contribution in [0.3, 0.4) is 0 Å². The lowest BCUT2D eigenvalue weighted by molar-refractivity contribution is 0.542. The number of aromatic nitrogens is 1. The standard InChI is InChI=1S/C17H21BrN2/c1-4-19-17(10-14-7-5-13(3)11-20-14)15-9-12(2)6-8-16(15)18/h5-9,11,17,19H,4,10H2,1-3H3. The van der Waals surface area contributed by atoms with E-state index in [0.29, 0.717) is 0 Å². The average Bonchev–Trinajstić information content (AvgIpc) is 2.43. The van der Waals surface area contributed by atoms with Gasteiger partial charge in [-0.3, -0.25) is 4.98 Å². The van der Waals surface area contributed by atoms with Crippen molar-refractivity contribution in [1.29, 1.82) is 0 Å². The Bertz CT molecular complexity index is 564. The molecule has 1 aromatic heterocycles. The second kappa shape index (κ2) is 7.00. The zero-order chi connectivity index (χ0) is 14.5. The summed E-state index contributed by atoms with van der Waals surface area (Å²) < 4.78 is 1.15. The highest BCUT2D eigenvalue weighted by Crippen LogP contribution is 2.27. The molecule has 2 aromatic rings. The van der Waals surface area contributed by atoms with Crippen molar-refractivity contribution in [2.45, 2.75) is 33.2 Å². The SMILES string of the molecule is CCNC(Cc1ccc(C)cn1)c1cc(C)ccc1Br. The fourth-order valence-corrected chi connectivity index (χ4v) is 2.82. The lowest BCUT2D eigenvalue weighted by atomic mass is 9.99. The van der Waals surface area contributed by atoms with Crippen molar-refractivity contribution < 1.29 is 0 Å². The van der Waals surface area contributed by atoms with E-state index in [1.165, 1.54) is 16.7 Å². The van der Waals surface area contributed by atoms with E-state index in [9.17, 15) is 0 Å². The number of benzene rings is 1. The topological polar surface area (TPSA) is 24.9 Å². The maximum Gasteiger partial charge on any atom is 0.0422 e. The Labute approximate surface area is 129 Å². The third kappa shape index (κ3) is 3.90. The van der Waals surface area contributed by atoms with Gasteiger partial charge in [0, 0.05) is 28.8 Å². The highest BCUT2D eigenvalue weighted by molar-refractivity contribution is 9.10. The molecule has 0 fully saturated rings. The van der Waals surface area contributed by atoms with Crippen molar-refractivity contribution >= 4 is 15.9 Å². The molecule has 1 N–H and O–H groups in total. The Kier molecular flexibility index (Phi) is 5.32. The Balaban J connectivity index is 2.26. The monoisotopic (exact) mass is 332 g/mol. The molecule has 0 aliphatic carbocycles. The van der Waals surface area contributed by atoms with Crippen molar-refractivity contribution in [3.8, 4) is 0 Å². The van der Waals surface area contributed by atoms with Crippen molar-refractivity contribution in [3.05, 3.63) is 63.4 Å². The number of hydrogen-bond acceptors (Lipinski definition) is 2. The number of hydrogen-bond donors (Lipinski definition) is 1. The number of nitrogens with zero attached hydrogens (tertiary/aromatic N) is 1. The maximum absolute atomic E-state index is 4.52. The molecule has 1 aromatic carbocycles. The summed E-state index contributed by atoms with van der Waals surface area (Å²) in [5, 5.41) is 3.56. The van der Waals surface area contributed by atoms with Crippen LogP contribution in [0.1, 0.15) is 35.3 Å². The zero-order valence-electron chi connectivity index (χ0n) is 12.3. The Hall–Kier alpha value is -1.19. The first-order chi connectivity index (χ1) is 9.60. The summed E-state index contributed by atoms with van der Waals surface area (Å²) in [4.78, 5) is 4.52. The van der Waals surface area contributed by atoms with Crippen LogP contribution in [0.2, 0.25) is 0 Å². The van der Waals surface area contributed by atoms with Gasteiger partial charge < -0.3 is 5.32 Å². The van der Waals surface area contributed by atoms with Crippen LogP contribution in [0.15, 0.2) is 41.0 Å². The summed E-state index contributed by atoms with van der Waals surface area (Å²) in [5.41, 5.74) is 4.90. The summed E-state index contributed by atoms with van der Waals surface area (Å²) in [6, 6.07) is 11.0. The molecule has 0 saturated heterocycles. The summed E-state index contributed by atoms with van der Waals surface area (Å²) >= 11 is 3.67. The summed E-state index contributed by atoms with van der Waals surface area (Å²) in [5.74, 6) is 0. The molecular weight excluding hydrogens is 312 g/mol. The normalized spacial score (nSPS) is 12.4. The maximum atomic E-state index is 4.52. The number of rotatable bonds is 5. The van der Waals surface area contributed by atoms with Gasteiger partial charge in [-0.25, -0.2) is 0 Å². The second-order valence-electron chi connectivity index (χ2n) is 5.17. The molecule has 2 rings (SSSR count). The van der Waals surface area contributed by atoms with E-state index in [2.05, 4.69) is 77.3 Å². The van der Waals surface area contributed by atoms with Gasteiger partial charge in [0.15, 0.2) is 0 Å². The molecule has 0 spiro atoms. The van der Waals surface area contributed by atoms with Crippen LogP contribution in [-0.4, -0.2) is 11.5 Å². The van der Waals surface area contributed by atoms with Gasteiger partial charge in [0.2, 0.25) is 0 Å². The van der Waals surface area contributed by atoms with Crippen LogP contribution < -0.4 is 5.32 Å². The molecule has 0 amide bonds. The van der Waals surface area contributed by atoms with Crippen molar-refractivity contribution in [2.75, 3.05) is 6.54 Å². The predicted molar refractivity (Wildman–Crippen MR) is 88.0 cm³/mol. The van der Waals surface area contributed by atoms with Gasteiger partial charge in [0.1, 0.15) is 0 Å². The van der Waals surface area contributed by atoms with Gasteiger partial charge in [0.25, 0.3) is 0 Å². The largest absolute Gasteiger partial charge is 0.310 e. The van der Waals surface area contributed by atoms with Crippen molar-refractivity contribution in [2.24, 2.45) is 0 Å². The molecule has 1 unspecified atom stereocenters. The van der Waals surface area contributed by atoms with E-state index in [4.69, 9.17) is 0 Å². The van der Waals surface area contributed by atoms with Gasteiger partial charge in [0.05, 0.1) is 0 Å². The Morgan fingerprint density at radius 1 is 1.15 bits per heavy atom. The number of likely N-dealkylation sites (N-methyl/N-ethyl adjacent to an activating group) is 1. The minimum absolute atomic E-state index is 0.282. The van der Waals surface area contributed by atoms with E-state index in [-0.39, 0.29) is 6.04 Å². The average molecular weight is 333 g/mol. The van der Waals surface area contributed by atoms with Crippen LogP contribution in [0.4, 0.5) is 0 Å². The third-order valence-electron chi connectivity index (χ3n) is 3.36. The van der Waals surface area contributed by atoms with Crippen LogP contribution in [0.5, 0.6) is 0 Å². The molecular formula is C17H21BrN2. The molecule has 3 heteroatoms. The van der Waals surface area contributed by atoms with E-state index < -0.39 is 0 Å². The van der Waals surface area contributed by atoms with Crippen LogP contribution >= 0.6 is 15.9 Å². The minimum atomic E-state index is 0.282. The molecule has 0 radical (unpaired) electrons.